The summed E-state index contributed by atoms with van der Waals surface area (Å²) in [4.78, 5) is 0. The van der Waals surface area contributed by atoms with Crippen LogP contribution in [-0.2, 0) is 0 Å². The predicted octanol–water partition coefficient (Wildman–Crippen LogP) is 3.25. The first kappa shape index (κ1) is 13.3. The highest BCUT2D eigenvalue weighted by Crippen LogP contribution is 2.36. The fourth-order valence-electron chi connectivity index (χ4n) is 2.72. The van der Waals surface area contributed by atoms with Crippen LogP contribution in [-0.4, -0.2) is 6.54 Å². The molecule has 98 valence electrons. The van der Waals surface area contributed by atoms with Crippen LogP contribution in [0.4, 0.5) is 0 Å². The Bertz CT molecular complexity index is 398. The highest BCUT2D eigenvalue weighted by atomic mass is 14.6. The molecular formula is C16H24N2. The summed E-state index contributed by atoms with van der Waals surface area (Å²) in [6.45, 7) is 0.801. The van der Waals surface area contributed by atoms with Crippen LogP contribution in [0.2, 0.25) is 0 Å². The molecule has 1 aromatic carbocycles. The van der Waals surface area contributed by atoms with Crippen LogP contribution >= 0.6 is 0 Å². The van der Waals surface area contributed by atoms with E-state index < -0.39 is 0 Å². The van der Waals surface area contributed by atoms with E-state index in [1.54, 1.807) is 0 Å². The standard InChI is InChI=1S/C16H24N2/c17-12-6-2-1-3-7-13-10-11-16(18)15-9-5-4-8-14(13)15/h3-5,7-9,13,16H,1-2,6,10-12,17-18H2/b7-3+. The van der Waals surface area contributed by atoms with E-state index in [-0.39, 0.29) is 6.04 Å². The number of hydrogen-bond donors (Lipinski definition) is 2. The van der Waals surface area contributed by atoms with Crippen LogP contribution < -0.4 is 11.5 Å². The maximum atomic E-state index is 6.16. The van der Waals surface area contributed by atoms with Gasteiger partial charge in [0.25, 0.3) is 0 Å². The maximum absolute atomic E-state index is 6.16. The minimum Gasteiger partial charge on any atom is -0.330 e. The second kappa shape index (κ2) is 6.72. The molecule has 0 saturated carbocycles. The first-order valence-corrected chi connectivity index (χ1v) is 7.04. The van der Waals surface area contributed by atoms with Crippen LogP contribution in [0.25, 0.3) is 0 Å². The van der Waals surface area contributed by atoms with Crippen LogP contribution in [0.3, 0.4) is 0 Å². The molecule has 1 aliphatic carbocycles. The number of benzene rings is 1. The van der Waals surface area contributed by atoms with E-state index in [1.165, 1.54) is 24.0 Å². The average molecular weight is 244 g/mol. The summed E-state index contributed by atoms with van der Waals surface area (Å²) in [5.74, 6) is 0.555. The molecule has 0 bridgehead atoms. The average Bonchev–Trinajstić information content (AvgIpc) is 2.41. The lowest BCUT2D eigenvalue weighted by molar-refractivity contribution is 0.536. The van der Waals surface area contributed by atoms with Gasteiger partial charge in [-0.25, -0.2) is 0 Å². The van der Waals surface area contributed by atoms with Gasteiger partial charge in [-0.15, -0.1) is 0 Å². The number of rotatable bonds is 5. The van der Waals surface area contributed by atoms with E-state index >= 15 is 0 Å². The summed E-state index contributed by atoms with van der Waals surface area (Å²) in [5, 5.41) is 0. The van der Waals surface area contributed by atoms with Gasteiger partial charge in [0, 0.05) is 12.0 Å². The largest absolute Gasteiger partial charge is 0.330 e. The van der Waals surface area contributed by atoms with Crippen molar-refractivity contribution in [2.24, 2.45) is 11.5 Å². The molecule has 0 saturated heterocycles. The van der Waals surface area contributed by atoms with Crippen LogP contribution in [0, 0.1) is 0 Å². The van der Waals surface area contributed by atoms with Crippen molar-refractivity contribution in [1.29, 1.82) is 0 Å². The van der Waals surface area contributed by atoms with Crippen molar-refractivity contribution in [2.75, 3.05) is 6.54 Å². The number of fused-ring (bicyclic) bond motifs is 1. The van der Waals surface area contributed by atoms with Gasteiger partial charge in [0.05, 0.1) is 0 Å². The fourth-order valence-corrected chi connectivity index (χ4v) is 2.72. The van der Waals surface area contributed by atoms with Gasteiger partial charge in [-0.2, -0.15) is 0 Å². The zero-order chi connectivity index (χ0) is 12.8. The summed E-state index contributed by atoms with van der Waals surface area (Å²) in [6, 6.07) is 8.83. The van der Waals surface area contributed by atoms with E-state index in [1.807, 2.05) is 0 Å². The van der Waals surface area contributed by atoms with Crippen molar-refractivity contribution in [1.82, 2.24) is 0 Å². The Labute approximate surface area is 110 Å². The minimum atomic E-state index is 0.225. The maximum Gasteiger partial charge on any atom is 0.0298 e. The molecule has 1 aromatic rings. The fraction of sp³-hybridized carbons (Fsp3) is 0.500. The third kappa shape index (κ3) is 3.21. The molecule has 2 nitrogen and oxygen atoms in total. The van der Waals surface area contributed by atoms with Crippen molar-refractivity contribution in [3.63, 3.8) is 0 Å². The van der Waals surface area contributed by atoms with Crippen molar-refractivity contribution in [3.05, 3.63) is 47.5 Å². The van der Waals surface area contributed by atoms with Crippen LogP contribution in [0.1, 0.15) is 55.2 Å². The molecule has 2 heteroatoms. The summed E-state index contributed by atoms with van der Waals surface area (Å²) >= 11 is 0. The smallest absolute Gasteiger partial charge is 0.0298 e. The predicted molar refractivity (Wildman–Crippen MR) is 77.4 cm³/mol. The lowest BCUT2D eigenvalue weighted by Crippen LogP contribution is -2.19. The van der Waals surface area contributed by atoms with Crippen LogP contribution in [0.5, 0.6) is 0 Å². The molecule has 0 aliphatic heterocycles. The molecule has 18 heavy (non-hydrogen) atoms. The Morgan fingerprint density at radius 1 is 1.11 bits per heavy atom. The van der Waals surface area contributed by atoms with E-state index in [4.69, 9.17) is 11.5 Å². The molecule has 1 aliphatic rings. The lowest BCUT2D eigenvalue weighted by Gasteiger charge is -2.27. The Hall–Kier alpha value is -1.12. The van der Waals surface area contributed by atoms with Gasteiger partial charge in [-0.05, 0) is 49.8 Å². The minimum absolute atomic E-state index is 0.225. The number of unbranched alkanes of at least 4 members (excludes halogenated alkanes) is 2. The van der Waals surface area contributed by atoms with Crippen molar-refractivity contribution < 1.29 is 0 Å². The SMILES string of the molecule is NCCCC/C=C/C1CCC(N)c2ccccc21. The topological polar surface area (TPSA) is 52.0 Å². The van der Waals surface area contributed by atoms with Gasteiger partial charge < -0.3 is 11.5 Å². The van der Waals surface area contributed by atoms with Crippen molar-refractivity contribution in [3.8, 4) is 0 Å². The number of hydrogen-bond acceptors (Lipinski definition) is 2. The van der Waals surface area contributed by atoms with Crippen molar-refractivity contribution in [2.45, 2.75) is 44.1 Å². The van der Waals surface area contributed by atoms with Gasteiger partial charge >= 0.3 is 0 Å². The summed E-state index contributed by atoms with van der Waals surface area (Å²) in [5.41, 5.74) is 14.4. The molecule has 0 amide bonds. The molecule has 2 unspecified atom stereocenters. The van der Waals surface area contributed by atoms with Crippen molar-refractivity contribution >= 4 is 0 Å². The van der Waals surface area contributed by atoms with E-state index in [9.17, 15) is 0 Å². The third-order valence-corrected chi connectivity index (χ3v) is 3.78. The first-order chi connectivity index (χ1) is 8.83. The second-order valence-corrected chi connectivity index (χ2v) is 5.13. The zero-order valence-electron chi connectivity index (χ0n) is 11.0. The Balaban J connectivity index is 2.00. The number of allylic oxidation sites excluding steroid dienone is 2. The highest BCUT2D eigenvalue weighted by molar-refractivity contribution is 5.37. The molecule has 4 N–H and O–H groups in total. The Morgan fingerprint density at radius 3 is 2.67 bits per heavy atom. The Morgan fingerprint density at radius 2 is 1.89 bits per heavy atom. The second-order valence-electron chi connectivity index (χ2n) is 5.13. The van der Waals surface area contributed by atoms with Gasteiger partial charge in [0.15, 0.2) is 0 Å². The van der Waals surface area contributed by atoms with Crippen LogP contribution in [0.15, 0.2) is 36.4 Å². The first-order valence-electron chi connectivity index (χ1n) is 7.04. The van der Waals surface area contributed by atoms with Gasteiger partial charge in [0.2, 0.25) is 0 Å². The van der Waals surface area contributed by atoms with E-state index in [2.05, 4.69) is 36.4 Å². The van der Waals surface area contributed by atoms with Gasteiger partial charge in [-0.3, -0.25) is 0 Å². The highest BCUT2D eigenvalue weighted by Gasteiger charge is 2.22. The monoisotopic (exact) mass is 244 g/mol. The summed E-state index contributed by atoms with van der Waals surface area (Å²) in [6.07, 6.45) is 10.4. The lowest BCUT2D eigenvalue weighted by atomic mass is 9.80. The molecule has 0 spiro atoms. The zero-order valence-corrected chi connectivity index (χ0v) is 11.0. The molecule has 0 fully saturated rings. The third-order valence-electron chi connectivity index (χ3n) is 3.78. The molecular weight excluding hydrogens is 220 g/mol. The van der Waals surface area contributed by atoms with Gasteiger partial charge in [-0.1, -0.05) is 36.4 Å². The molecule has 0 heterocycles. The summed E-state index contributed by atoms with van der Waals surface area (Å²) in [7, 11) is 0. The molecule has 2 atom stereocenters. The quantitative estimate of drug-likeness (QED) is 0.617. The molecule has 0 aromatic heterocycles. The Kier molecular flexibility index (Phi) is 4.97. The van der Waals surface area contributed by atoms with Gasteiger partial charge in [0.1, 0.15) is 0 Å². The molecule has 2 rings (SSSR count). The summed E-state index contributed by atoms with van der Waals surface area (Å²) < 4.78 is 0. The normalized spacial score (nSPS) is 23.2. The number of nitrogens with two attached hydrogens (primary N) is 2. The van der Waals surface area contributed by atoms with E-state index in [0.29, 0.717) is 5.92 Å². The molecule has 0 radical (unpaired) electrons. The van der Waals surface area contributed by atoms with E-state index in [0.717, 1.165) is 25.8 Å².